The lowest BCUT2D eigenvalue weighted by Gasteiger charge is -2.20. The molecule has 1 fully saturated rings. The Morgan fingerprint density at radius 3 is 2.30 bits per heavy atom. The number of carbonyl (C=O) groups is 1. The molecule has 0 N–H and O–H groups in total. The zero-order chi connectivity index (χ0) is 15.6. The van der Waals surface area contributed by atoms with Gasteiger partial charge in [-0.1, -0.05) is 55.7 Å². The standard InChI is InChI=1S/C21H20O2/c22-21(15-7-2-1-3-8-15)23-20-12-6-11-18-13-16-9-4-5-10-17(16)14-19(18)20/h4-6,9-15H,1-3,7-8H2. The quantitative estimate of drug-likeness (QED) is 0.356. The Morgan fingerprint density at radius 1 is 0.826 bits per heavy atom. The predicted molar refractivity (Wildman–Crippen MR) is 93.7 cm³/mol. The Morgan fingerprint density at radius 2 is 1.52 bits per heavy atom. The molecule has 2 heteroatoms. The molecule has 0 aromatic heterocycles. The highest BCUT2D eigenvalue weighted by atomic mass is 16.5. The van der Waals surface area contributed by atoms with Crippen molar-refractivity contribution in [3.8, 4) is 5.75 Å². The number of carbonyl (C=O) groups excluding carboxylic acids is 1. The van der Waals surface area contributed by atoms with Crippen LogP contribution < -0.4 is 4.74 Å². The van der Waals surface area contributed by atoms with Crippen LogP contribution in [0.4, 0.5) is 0 Å². The fourth-order valence-electron chi connectivity index (χ4n) is 3.56. The first-order valence-corrected chi connectivity index (χ1v) is 8.44. The molecule has 3 aromatic carbocycles. The SMILES string of the molecule is O=C(Oc1cccc2cc3ccccc3cc12)C1CCCCC1. The van der Waals surface area contributed by atoms with Gasteiger partial charge in [-0.05, 0) is 47.2 Å². The van der Waals surface area contributed by atoms with Crippen LogP contribution in [-0.2, 0) is 4.79 Å². The first-order valence-electron chi connectivity index (χ1n) is 8.44. The van der Waals surface area contributed by atoms with Crippen LogP contribution in [-0.4, -0.2) is 5.97 Å². The fourth-order valence-corrected chi connectivity index (χ4v) is 3.56. The molecule has 0 aliphatic heterocycles. The van der Waals surface area contributed by atoms with E-state index in [1.807, 2.05) is 24.3 Å². The van der Waals surface area contributed by atoms with Crippen LogP contribution >= 0.6 is 0 Å². The first-order chi connectivity index (χ1) is 11.3. The van der Waals surface area contributed by atoms with Crippen LogP contribution in [0, 0.1) is 5.92 Å². The molecule has 0 unspecified atom stereocenters. The minimum atomic E-state index is -0.0645. The van der Waals surface area contributed by atoms with Gasteiger partial charge in [0, 0.05) is 5.39 Å². The highest BCUT2D eigenvalue weighted by Gasteiger charge is 2.23. The third-order valence-electron chi connectivity index (χ3n) is 4.86. The van der Waals surface area contributed by atoms with E-state index in [4.69, 9.17) is 4.74 Å². The molecule has 0 heterocycles. The summed E-state index contributed by atoms with van der Waals surface area (Å²) in [5, 5.41) is 4.49. The molecule has 0 atom stereocenters. The van der Waals surface area contributed by atoms with E-state index >= 15 is 0 Å². The van der Waals surface area contributed by atoms with Gasteiger partial charge in [-0.2, -0.15) is 0 Å². The van der Waals surface area contributed by atoms with Crippen molar-refractivity contribution in [1.29, 1.82) is 0 Å². The molecular formula is C21H20O2. The number of esters is 1. The lowest BCUT2D eigenvalue weighted by atomic mass is 9.89. The fraction of sp³-hybridized carbons (Fsp3) is 0.286. The molecule has 0 saturated heterocycles. The normalized spacial score (nSPS) is 15.8. The summed E-state index contributed by atoms with van der Waals surface area (Å²) in [6.45, 7) is 0. The molecule has 3 aromatic rings. The summed E-state index contributed by atoms with van der Waals surface area (Å²) >= 11 is 0. The van der Waals surface area contributed by atoms with Gasteiger partial charge in [0.15, 0.2) is 0 Å². The topological polar surface area (TPSA) is 26.3 Å². The van der Waals surface area contributed by atoms with Gasteiger partial charge in [-0.3, -0.25) is 4.79 Å². The molecular weight excluding hydrogens is 284 g/mol. The van der Waals surface area contributed by atoms with Crippen molar-refractivity contribution in [3.05, 3.63) is 54.6 Å². The smallest absolute Gasteiger partial charge is 0.314 e. The van der Waals surface area contributed by atoms with Crippen LogP contribution in [0.1, 0.15) is 32.1 Å². The van der Waals surface area contributed by atoms with E-state index in [2.05, 4.69) is 30.3 Å². The molecule has 0 amide bonds. The van der Waals surface area contributed by atoms with Crippen LogP contribution in [0.3, 0.4) is 0 Å². The zero-order valence-electron chi connectivity index (χ0n) is 13.1. The Hall–Kier alpha value is -2.35. The van der Waals surface area contributed by atoms with E-state index in [1.54, 1.807) is 0 Å². The van der Waals surface area contributed by atoms with Crippen molar-refractivity contribution in [2.75, 3.05) is 0 Å². The van der Waals surface area contributed by atoms with Crippen molar-refractivity contribution < 1.29 is 9.53 Å². The number of benzene rings is 3. The number of hydrogen-bond donors (Lipinski definition) is 0. The lowest BCUT2D eigenvalue weighted by Crippen LogP contribution is -2.22. The van der Waals surface area contributed by atoms with E-state index < -0.39 is 0 Å². The van der Waals surface area contributed by atoms with Crippen molar-refractivity contribution in [2.45, 2.75) is 32.1 Å². The molecule has 1 aliphatic carbocycles. The molecule has 2 nitrogen and oxygen atoms in total. The van der Waals surface area contributed by atoms with Crippen molar-refractivity contribution in [2.24, 2.45) is 5.92 Å². The highest BCUT2D eigenvalue weighted by molar-refractivity contribution is 6.01. The van der Waals surface area contributed by atoms with Gasteiger partial charge < -0.3 is 4.74 Å². The molecule has 0 spiro atoms. The van der Waals surface area contributed by atoms with Crippen LogP contribution in [0.2, 0.25) is 0 Å². The summed E-state index contributed by atoms with van der Waals surface area (Å²) < 4.78 is 5.78. The number of ether oxygens (including phenoxy) is 1. The van der Waals surface area contributed by atoms with Gasteiger partial charge in [-0.15, -0.1) is 0 Å². The average molecular weight is 304 g/mol. The summed E-state index contributed by atoms with van der Waals surface area (Å²) in [5.74, 6) is 0.689. The maximum Gasteiger partial charge on any atom is 0.314 e. The van der Waals surface area contributed by atoms with Crippen molar-refractivity contribution >= 4 is 27.5 Å². The van der Waals surface area contributed by atoms with Crippen molar-refractivity contribution in [1.82, 2.24) is 0 Å². The van der Waals surface area contributed by atoms with E-state index in [9.17, 15) is 4.79 Å². The maximum absolute atomic E-state index is 12.5. The number of rotatable bonds is 2. The maximum atomic E-state index is 12.5. The molecule has 116 valence electrons. The number of hydrogen-bond acceptors (Lipinski definition) is 2. The van der Waals surface area contributed by atoms with E-state index in [1.165, 1.54) is 17.2 Å². The van der Waals surface area contributed by atoms with Gasteiger partial charge in [0.2, 0.25) is 0 Å². The molecule has 1 aliphatic rings. The van der Waals surface area contributed by atoms with Gasteiger partial charge >= 0.3 is 5.97 Å². The highest BCUT2D eigenvalue weighted by Crippen LogP contribution is 2.32. The summed E-state index contributed by atoms with van der Waals surface area (Å²) in [5.41, 5.74) is 0. The average Bonchev–Trinajstić information content (AvgIpc) is 2.61. The van der Waals surface area contributed by atoms with Gasteiger partial charge in [0.25, 0.3) is 0 Å². The van der Waals surface area contributed by atoms with E-state index in [0.29, 0.717) is 5.75 Å². The minimum Gasteiger partial charge on any atom is -0.426 e. The summed E-state index contributed by atoms with van der Waals surface area (Å²) in [6.07, 6.45) is 5.45. The van der Waals surface area contributed by atoms with Crippen LogP contribution in [0.15, 0.2) is 54.6 Å². The molecule has 23 heavy (non-hydrogen) atoms. The molecule has 0 radical (unpaired) electrons. The number of fused-ring (bicyclic) bond motifs is 2. The second-order valence-electron chi connectivity index (χ2n) is 6.43. The second kappa shape index (κ2) is 6.04. The Balaban J connectivity index is 1.71. The van der Waals surface area contributed by atoms with Crippen LogP contribution in [0.5, 0.6) is 5.75 Å². The summed E-state index contributed by atoms with van der Waals surface area (Å²) in [7, 11) is 0. The molecule has 1 saturated carbocycles. The summed E-state index contributed by atoms with van der Waals surface area (Å²) in [6, 6.07) is 18.5. The van der Waals surface area contributed by atoms with Gasteiger partial charge in [0.05, 0.1) is 5.92 Å². The Kier molecular flexibility index (Phi) is 3.74. The predicted octanol–water partition coefficient (Wildman–Crippen LogP) is 5.48. The molecule has 0 bridgehead atoms. The van der Waals surface area contributed by atoms with E-state index in [-0.39, 0.29) is 11.9 Å². The molecule has 4 rings (SSSR count). The largest absolute Gasteiger partial charge is 0.426 e. The third kappa shape index (κ3) is 2.81. The van der Waals surface area contributed by atoms with Crippen molar-refractivity contribution in [3.63, 3.8) is 0 Å². The van der Waals surface area contributed by atoms with E-state index in [0.717, 1.165) is 36.5 Å². The van der Waals surface area contributed by atoms with Gasteiger partial charge in [0.1, 0.15) is 5.75 Å². The Bertz CT molecular complexity index is 860. The van der Waals surface area contributed by atoms with Gasteiger partial charge in [-0.25, -0.2) is 0 Å². The lowest BCUT2D eigenvalue weighted by molar-refractivity contribution is -0.139. The van der Waals surface area contributed by atoms with Crippen LogP contribution in [0.25, 0.3) is 21.5 Å². The monoisotopic (exact) mass is 304 g/mol. The third-order valence-corrected chi connectivity index (χ3v) is 4.86. The first kappa shape index (κ1) is 14.3. The summed E-state index contributed by atoms with van der Waals surface area (Å²) in [4.78, 5) is 12.5. The minimum absolute atomic E-state index is 0.0645. The zero-order valence-corrected chi connectivity index (χ0v) is 13.1. The second-order valence-corrected chi connectivity index (χ2v) is 6.43. The Labute approximate surface area is 136 Å².